The van der Waals surface area contributed by atoms with E-state index in [1.165, 1.54) is 0 Å². The van der Waals surface area contributed by atoms with Gasteiger partial charge in [0.15, 0.2) is 0 Å². The molecule has 0 aliphatic heterocycles. The van der Waals surface area contributed by atoms with E-state index in [2.05, 4.69) is 24.9 Å². The lowest BCUT2D eigenvalue weighted by atomic mass is 10.2. The van der Waals surface area contributed by atoms with Crippen LogP contribution in [0.1, 0.15) is 35.9 Å². The Labute approximate surface area is 145 Å². The number of H-pyrrole nitrogens is 1. The predicted molar refractivity (Wildman–Crippen MR) is 91.3 cm³/mol. The number of sulfonamides is 1. The van der Waals surface area contributed by atoms with Crippen molar-refractivity contribution in [2.75, 3.05) is 0 Å². The molecule has 9 heteroatoms. The molecule has 0 aliphatic rings. The molecule has 0 bridgehead atoms. The normalized spacial score (nSPS) is 13.1. The fraction of sp³-hybridized carbons (Fsp3) is 0.312. The van der Waals surface area contributed by atoms with Gasteiger partial charge in [-0.3, -0.25) is 4.98 Å². The van der Waals surface area contributed by atoms with Crippen molar-refractivity contribution >= 4 is 10.0 Å². The van der Waals surface area contributed by atoms with Crippen molar-refractivity contribution < 1.29 is 12.8 Å². The van der Waals surface area contributed by atoms with Gasteiger partial charge in [-0.1, -0.05) is 6.07 Å². The van der Waals surface area contributed by atoms with Gasteiger partial charge in [0.2, 0.25) is 15.9 Å². The van der Waals surface area contributed by atoms with E-state index in [-0.39, 0.29) is 10.8 Å². The van der Waals surface area contributed by atoms with Gasteiger partial charge in [-0.15, -0.1) is 10.2 Å². The van der Waals surface area contributed by atoms with Gasteiger partial charge in [0.1, 0.15) is 4.90 Å². The van der Waals surface area contributed by atoms with E-state index >= 15 is 0 Å². The fourth-order valence-electron chi connectivity index (χ4n) is 2.73. The summed E-state index contributed by atoms with van der Waals surface area (Å²) in [6.45, 7) is 6.86. The van der Waals surface area contributed by atoms with Crippen molar-refractivity contribution in [3.05, 3.63) is 47.4 Å². The molecule has 0 saturated heterocycles. The van der Waals surface area contributed by atoms with Crippen LogP contribution in [0.5, 0.6) is 0 Å². The molecule has 8 nitrogen and oxygen atoms in total. The average Bonchev–Trinajstić information content (AvgIpc) is 3.10. The van der Waals surface area contributed by atoms with Gasteiger partial charge < -0.3 is 9.40 Å². The quantitative estimate of drug-likeness (QED) is 0.721. The summed E-state index contributed by atoms with van der Waals surface area (Å²) < 4.78 is 34.1. The highest BCUT2D eigenvalue weighted by molar-refractivity contribution is 7.89. The fourth-order valence-corrected chi connectivity index (χ4v) is 4.40. The molecule has 3 aromatic rings. The second kappa shape index (κ2) is 6.41. The molecule has 25 heavy (non-hydrogen) atoms. The lowest BCUT2D eigenvalue weighted by molar-refractivity contribution is 0.529. The first-order valence-electron chi connectivity index (χ1n) is 7.72. The number of hydrogen-bond acceptors (Lipinski definition) is 6. The van der Waals surface area contributed by atoms with E-state index in [1.807, 2.05) is 6.07 Å². The SMILES string of the molecule is Cc1nnc(-c2c(C)[nH]c(C)c2S(=O)(=O)NC(C)c2ccccn2)o1. The number of hydrogen-bond donors (Lipinski definition) is 2. The van der Waals surface area contributed by atoms with Crippen LogP contribution in [0.3, 0.4) is 0 Å². The Hall–Kier alpha value is -2.52. The zero-order chi connectivity index (χ0) is 18.2. The third kappa shape index (κ3) is 3.33. The molecule has 132 valence electrons. The summed E-state index contributed by atoms with van der Waals surface area (Å²) in [5.74, 6) is 0.539. The molecule has 1 atom stereocenters. The molecular weight excluding hydrogens is 342 g/mol. The molecule has 2 N–H and O–H groups in total. The number of aromatic nitrogens is 4. The largest absolute Gasteiger partial charge is 0.421 e. The van der Waals surface area contributed by atoms with E-state index in [4.69, 9.17) is 4.42 Å². The van der Waals surface area contributed by atoms with Gasteiger partial charge in [-0.2, -0.15) is 0 Å². The van der Waals surface area contributed by atoms with Crippen molar-refractivity contribution in [2.45, 2.75) is 38.6 Å². The highest BCUT2D eigenvalue weighted by atomic mass is 32.2. The molecule has 3 aromatic heterocycles. The maximum absolute atomic E-state index is 13.0. The van der Waals surface area contributed by atoms with Crippen molar-refractivity contribution in [1.29, 1.82) is 0 Å². The molecule has 3 heterocycles. The molecule has 1 unspecified atom stereocenters. The van der Waals surface area contributed by atoms with Crippen LogP contribution in [0, 0.1) is 20.8 Å². The number of nitrogens with one attached hydrogen (secondary N) is 2. The second-order valence-electron chi connectivity index (χ2n) is 5.80. The smallest absolute Gasteiger partial charge is 0.250 e. The summed E-state index contributed by atoms with van der Waals surface area (Å²) in [6.07, 6.45) is 1.62. The molecule has 0 amide bonds. The first-order valence-corrected chi connectivity index (χ1v) is 9.21. The minimum atomic E-state index is -3.84. The summed E-state index contributed by atoms with van der Waals surface area (Å²) in [7, 11) is -3.84. The predicted octanol–water partition coefficient (Wildman–Crippen LogP) is 2.42. The molecule has 0 fully saturated rings. The van der Waals surface area contributed by atoms with E-state index < -0.39 is 16.1 Å². The maximum atomic E-state index is 13.0. The van der Waals surface area contributed by atoms with E-state index in [1.54, 1.807) is 46.0 Å². The van der Waals surface area contributed by atoms with Gasteiger partial charge in [-0.05, 0) is 32.9 Å². The first kappa shape index (κ1) is 17.3. The lowest BCUT2D eigenvalue weighted by Gasteiger charge is -2.14. The summed E-state index contributed by atoms with van der Waals surface area (Å²) in [6, 6.07) is 4.87. The molecule has 0 aromatic carbocycles. The molecule has 0 saturated carbocycles. The van der Waals surface area contributed by atoms with Crippen LogP contribution in [-0.2, 0) is 10.0 Å². The summed E-state index contributed by atoms with van der Waals surface area (Å²) in [5, 5.41) is 7.75. The van der Waals surface area contributed by atoms with Crippen LogP contribution in [0.4, 0.5) is 0 Å². The van der Waals surface area contributed by atoms with Crippen LogP contribution < -0.4 is 4.72 Å². The topological polar surface area (TPSA) is 114 Å². The first-order chi connectivity index (χ1) is 11.8. The number of aromatic amines is 1. The van der Waals surface area contributed by atoms with E-state index in [0.717, 1.165) is 0 Å². The zero-order valence-corrected chi connectivity index (χ0v) is 15.2. The van der Waals surface area contributed by atoms with Gasteiger partial charge in [0.25, 0.3) is 5.89 Å². The van der Waals surface area contributed by atoms with Crippen molar-refractivity contribution in [1.82, 2.24) is 24.9 Å². The minimum Gasteiger partial charge on any atom is -0.421 e. The number of pyridine rings is 1. The van der Waals surface area contributed by atoms with E-state index in [0.29, 0.717) is 28.5 Å². The van der Waals surface area contributed by atoms with Gasteiger partial charge in [-0.25, -0.2) is 13.1 Å². The second-order valence-corrected chi connectivity index (χ2v) is 7.45. The molecule has 3 rings (SSSR count). The third-order valence-corrected chi connectivity index (χ3v) is 5.50. The average molecular weight is 361 g/mol. The Morgan fingerprint density at radius 3 is 2.52 bits per heavy atom. The third-order valence-electron chi connectivity index (χ3n) is 3.79. The molecule has 0 radical (unpaired) electrons. The Bertz CT molecular complexity index is 992. The molecular formula is C16H19N5O3S. The van der Waals surface area contributed by atoms with Gasteiger partial charge >= 0.3 is 0 Å². The number of rotatable bonds is 5. The Kier molecular flexibility index (Phi) is 4.44. The van der Waals surface area contributed by atoms with Crippen molar-refractivity contribution in [2.24, 2.45) is 0 Å². The monoisotopic (exact) mass is 361 g/mol. The summed E-state index contributed by atoms with van der Waals surface area (Å²) >= 11 is 0. The van der Waals surface area contributed by atoms with Crippen LogP contribution >= 0.6 is 0 Å². The van der Waals surface area contributed by atoms with Gasteiger partial charge in [0, 0.05) is 24.5 Å². The van der Waals surface area contributed by atoms with Crippen molar-refractivity contribution in [3.8, 4) is 11.5 Å². The zero-order valence-electron chi connectivity index (χ0n) is 14.4. The number of aryl methyl sites for hydroxylation is 3. The highest BCUT2D eigenvalue weighted by Gasteiger charge is 2.30. The standard InChI is InChI=1S/C16H19N5O3S/c1-9(13-7-5-6-8-17-13)21-25(22,23)15-11(3)18-10(2)14(15)16-20-19-12(4)24-16/h5-9,18,21H,1-4H3. The van der Waals surface area contributed by atoms with Crippen LogP contribution in [0.25, 0.3) is 11.5 Å². The lowest BCUT2D eigenvalue weighted by Crippen LogP contribution is -2.28. The van der Waals surface area contributed by atoms with E-state index in [9.17, 15) is 8.42 Å². The minimum absolute atomic E-state index is 0.108. The highest BCUT2D eigenvalue weighted by Crippen LogP contribution is 2.33. The Morgan fingerprint density at radius 2 is 1.92 bits per heavy atom. The Balaban J connectivity index is 2.03. The molecule has 0 aliphatic carbocycles. The number of nitrogens with zero attached hydrogens (tertiary/aromatic N) is 3. The van der Waals surface area contributed by atoms with Crippen LogP contribution in [-0.4, -0.2) is 28.6 Å². The summed E-state index contributed by atoms with van der Waals surface area (Å²) in [4.78, 5) is 7.34. The van der Waals surface area contributed by atoms with Crippen LogP contribution in [0.2, 0.25) is 0 Å². The molecule has 0 spiro atoms. The Morgan fingerprint density at radius 1 is 1.16 bits per heavy atom. The van der Waals surface area contributed by atoms with Gasteiger partial charge in [0.05, 0.1) is 17.3 Å². The summed E-state index contributed by atoms with van der Waals surface area (Å²) in [5.41, 5.74) is 2.17. The van der Waals surface area contributed by atoms with Crippen LogP contribution in [0.15, 0.2) is 33.7 Å². The van der Waals surface area contributed by atoms with Crippen molar-refractivity contribution in [3.63, 3.8) is 0 Å². The maximum Gasteiger partial charge on any atom is 0.250 e.